The highest BCUT2D eigenvalue weighted by Gasteiger charge is 2.17. The van der Waals surface area contributed by atoms with Gasteiger partial charge in [0.25, 0.3) is 5.91 Å². The van der Waals surface area contributed by atoms with E-state index in [1.807, 2.05) is 0 Å². The van der Waals surface area contributed by atoms with Crippen LogP contribution in [0.25, 0.3) is 0 Å². The van der Waals surface area contributed by atoms with Crippen LogP contribution in [0.2, 0.25) is 0 Å². The molecule has 134 valence electrons. The van der Waals surface area contributed by atoms with E-state index in [-0.39, 0.29) is 16.6 Å². The van der Waals surface area contributed by atoms with Crippen LogP contribution < -0.4 is 10.1 Å². The molecule has 0 spiro atoms. The van der Waals surface area contributed by atoms with Crippen molar-refractivity contribution in [2.24, 2.45) is 0 Å². The average molecular weight is 388 g/mol. The molecule has 0 aliphatic carbocycles. The zero-order valence-corrected chi connectivity index (χ0v) is 15.5. The van der Waals surface area contributed by atoms with Crippen LogP contribution in [0, 0.1) is 0 Å². The van der Waals surface area contributed by atoms with Crippen molar-refractivity contribution in [2.45, 2.75) is 10.6 Å². The number of nitrogens with one attached hydrogen (secondary N) is 1. The second-order valence-electron chi connectivity index (χ2n) is 5.39. The molecular formula is C18H16N2O4S2. The number of thiazole rings is 1. The Morgan fingerprint density at radius 1 is 1.12 bits per heavy atom. The first kappa shape index (κ1) is 18.1. The van der Waals surface area contributed by atoms with E-state index in [9.17, 15) is 13.2 Å². The van der Waals surface area contributed by atoms with Crippen LogP contribution in [0.5, 0.6) is 5.75 Å². The fourth-order valence-electron chi connectivity index (χ4n) is 2.26. The molecular weight excluding hydrogens is 372 g/mol. The van der Waals surface area contributed by atoms with E-state index in [4.69, 9.17) is 4.74 Å². The van der Waals surface area contributed by atoms with E-state index < -0.39 is 9.84 Å². The molecule has 8 heteroatoms. The molecule has 3 rings (SSSR count). The minimum atomic E-state index is -3.47. The van der Waals surface area contributed by atoms with Crippen LogP contribution in [0.1, 0.15) is 15.4 Å². The highest BCUT2D eigenvalue weighted by Crippen LogP contribution is 2.20. The van der Waals surface area contributed by atoms with Gasteiger partial charge in [0.05, 0.1) is 12.0 Å². The van der Waals surface area contributed by atoms with Crippen LogP contribution in [-0.2, 0) is 15.6 Å². The lowest BCUT2D eigenvalue weighted by Crippen LogP contribution is -2.12. The Labute approximate surface area is 155 Å². The van der Waals surface area contributed by atoms with Crippen molar-refractivity contribution >= 4 is 32.8 Å². The SMILES string of the molecule is COc1ccc(C(=O)Nc2ccc(S(=O)(=O)Cc3nccs3)cc2)cc1. The van der Waals surface area contributed by atoms with Gasteiger partial charge >= 0.3 is 0 Å². The molecule has 0 aliphatic rings. The Bertz CT molecular complexity index is 981. The molecule has 0 unspecified atom stereocenters. The summed E-state index contributed by atoms with van der Waals surface area (Å²) in [6, 6.07) is 12.8. The lowest BCUT2D eigenvalue weighted by Gasteiger charge is -2.08. The number of sulfone groups is 1. The predicted octanol–water partition coefficient (Wildman–Crippen LogP) is 3.38. The molecule has 0 radical (unpaired) electrons. The number of hydrogen-bond donors (Lipinski definition) is 1. The van der Waals surface area contributed by atoms with Gasteiger partial charge in [-0.05, 0) is 48.5 Å². The number of methoxy groups -OCH3 is 1. The van der Waals surface area contributed by atoms with Crippen LogP contribution in [0.15, 0.2) is 65.0 Å². The maximum Gasteiger partial charge on any atom is 0.255 e. The number of carbonyl (C=O) groups excluding carboxylic acids is 1. The normalized spacial score (nSPS) is 11.1. The fraction of sp³-hybridized carbons (Fsp3) is 0.111. The maximum atomic E-state index is 12.4. The number of nitrogens with zero attached hydrogens (tertiary/aromatic N) is 1. The summed E-state index contributed by atoms with van der Waals surface area (Å²) in [6.45, 7) is 0. The number of rotatable bonds is 6. The summed E-state index contributed by atoms with van der Waals surface area (Å²) in [6.07, 6.45) is 1.58. The molecule has 1 amide bonds. The Balaban J connectivity index is 1.69. The van der Waals surface area contributed by atoms with Crippen molar-refractivity contribution in [3.8, 4) is 5.75 Å². The van der Waals surface area contributed by atoms with Gasteiger partial charge in [-0.25, -0.2) is 13.4 Å². The molecule has 26 heavy (non-hydrogen) atoms. The first-order valence-electron chi connectivity index (χ1n) is 7.64. The van der Waals surface area contributed by atoms with Gasteiger partial charge < -0.3 is 10.1 Å². The molecule has 0 bridgehead atoms. The van der Waals surface area contributed by atoms with Crippen LogP contribution in [-0.4, -0.2) is 26.4 Å². The van der Waals surface area contributed by atoms with Crippen molar-refractivity contribution in [3.63, 3.8) is 0 Å². The predicted molar refractivity (Wildman–Crippen MR) is 100 cm³/mol. The summed E-state index contributed by atoms with van der Waals surface area (Å²) in [4.78, 5) is 16.4. The Kier molecular flexibility index (Phi) is 5.34. The standard InChI is InChI=1S/C18H16N2O4S2/c1-24-15-6-2-13(3-7-15)18(21)20-14-4-8-16(9-5-14)26(22,23)12-17-19-10-11-25-17/h2-11H,12H2,1H3,(H,20,21). The van der Waals surface area contributed by atoms with Gasteiger partial charge in [0, 0.05) is 22.8 Å². The zero-order chi connectivity index (χ0) is 18.6. The summed E-state index contributed by atoms with van der Waals surface area (Å²) in [7, 11) is -1.91. The van der Waals surface area contributed by atoms with Crippen LogP contribution >= 0.6 is 11.3 Å². The van der Waals surface area contributed by atoms with Crippen molar-refractivity contribution in [3.05, 3.63) is 70.7 Å². The summed E-state index contributed by atoms with van der Waals surface area (Å²) in [5.41, 5.74) is 0.991. The van der Waals surface area contributed by atoms with E-state index >= 15 is 0 Å². The number of amides is 1. The summed E-state index contributed by atoms with van der Waals surface area (Å²) in [5.74, 6) is 0.241. The van der Waals surface area contributed by atoms with E-state index in [1.54, 1.807) is 55.1 Å². The molecule has 0 saturated heterocycles. The molecule has 1 N–H and O–H groups in total. The number of aromatic nitrogens is 1. The maximum absolute atomic E-state index is 12.4. The van der Waals surface area contributed by atoms with Gasteiger partial charge in [0.15, 0.2) is 9.84 Å². The van der Waals surface area contributed by atoms with Gasteiger partial charge in [-0.15, -0.1) is 11.3 Å². The Morgan fingerprint density at radius 2 is 1.81 bits per heavy atom. The lowest BCUT2D eigenvalue weighted by molar-refractivity contribution is 0.102. The number of hydrogen-bond acceptors (Lipinski definition) is 6. The van der Waals surface area contributed by atoms with Gasteiger partial charge in [-0.1, -0.05) is 0 Å². The van der Waals surface area contributed by atoms with Crippen molar-refractivity contribution in [1.82, 2.24) is 4.98 Å². The second kappa shape index (κ2) is 7.67. The lowest BCUT2D eigenvalue weighted by atomic mass is 10.2. The van der Waals surface area contributed by atoms with Gasteiger partial charge in [-0.3, -0.25) is 4.79 Å². The third kappa shape index (κ3) is 4.27. The smallest absolute Gasteiger partial charge is 0.255 e. The molecule has 0 aliphatic heterocycles. The summed E-state index contributed by atoms with van der Waals surface area (Å²) in [5, 5.41) is 5.02. The minimum absolute atomic E-state index is 0.137. The number of carbonyl (C=O) groups is 1. The molecule has 0 fully saturated rings. The quantitative estimate of drug-likeness (QED) is 0.700. The van der Waals surface area contributed by atoms with Crippen molar-refractivity contribution in [1.29, 1.82) is 0 Å². The van der Waals surface area contributed by atoms with Crippen molar-refractivity contribution in [2.75, 3.05) is 12.4 Å². The molecule has 6 nitrogen and oxygen atoms in total. The third-order valence-corrected chi connectivity index (χ3v) is 6.23. The molecule has 0 atom stereocenters. The molecule has 1 heterocycles. The number of benzene rings is 2. The first-order valence-corrected chi connectivity index (χ1v) is 10.2. The van der Waals surface area contributed by atoms with Crippen LogP contribution in [0.4, 0.5) is 5.69 Å². The average Bonchev–Trinajstić information content (AvgIpc) is 3.14. The molecule has 3 aromatic rings. The first-order chi connectivity index (χ1) is 12.5. The Morgan fingerprint density at radius 3 is 2.38 bits per heavy atom. The highest BCUT2D eigenvalue weighted by molar-refractivity contribution is 7.90. The van der Waals surface area contributed by atoms with Crippen LogP contribution in [0.3, 0.4) is 0 Å². The molecule has 1 aromatic heterocycles. The van der Waals surface area contributed by atoms with Gasteiger partial charge in [-0.2, -0.15) is 0 Å². The monoisotopic (exact) mass is 388 g/mol. The van der Waals surface area contributed by atoms with Gasteiger partial charge in [0.2, 0.25) is 0 Å². The highest BCUT2D eigenvalue weighted by atomic mass is 32.2. The largest absolute Gasteiger partial charge is 0.497 e. The Hall–Kier alpha value is -2.71. The second-order valence-corrected chi connectivity index (χ2v) is 8.36. The minimum Gasteiger partial charge on any atom is -0.497 e. The number of anilines is 1. The van der Waals surface area contributed by atoms with Crippen molar-refractivity contribution < 1.29 is 17.9 Å². The van der Waals surface area contributed by atoms with Gasteiger partial charge in [0.1, 0.15) is 16.5 Å². The topological polar surface area (TPSA) is 85.4 Å². The molecule has 2 aromatic carbocycles. The van der Waals surface area contributed by atoms with E-state index in [0.717, 1.165) is 0 Å². The van der Waals surface area contributed by atoms with E-state index in [1.165, 1.54) is 23.5 Å². The zero-order valence-electron chi connectivity index (χ0n) is 13.9. The summed E-state index contributed by atoms with van der Waals surface area (Å²) < 4.78 is 29.8. The van der Waals surface area contributed by atoms with E-state index in [2.05, 4.69) is 10.3 Å². The summed E-state index contributed by atoms with van der Waals surface area (Å²) >= 11 is 1.30. The third-order valence-electron chi connectivity index (χ3n) is 3.62. The van der Waals surface area contributed by atoms with E-state index in [0.29, 0.717) is 22.0 Å². The number of ether oxygens (including phenoxy) is 1. The fourth-order valence-corrected chi connectivity index (χ4v) is 4.52. The molecule has 0 saturated carbocycles.